The summed E-state index contributed by atoms with van der Waals surface area (Å²) in [7, 11) is 3.42. The monoisotopic (exact) mass is 235 g/mol. The minimum atomic E-state index is 0.669. The molecule has 3 nitrogen and oxygen atoms in total. The summed E-state index contributed by atoms with van der Waals surface area (Å²) in [5.74, 6) is 0. The molecule has 1 aromatic rings. The number of methoxy groups -OCH3 is 2. The van der Waals surface area contributed by atoms with E-state index >= 15 is 0 Å². The number of nitrogens with one attached hydrogen (secondary N) is 1. The molecular formula is C14H21NO2. The van der Waals surface area contributed by atoms with Crippen LogP contribution in [0.4, 0.5) is 0 Å². The Hall–Kier alpha value is -1.16. The smallest absolute Gasteiger partial charge is 0.0713 e. The minimum Gasteiger partial charge on any atom is -0.383 e. The Morgan fingerprint density at radius 2 is 1.88 bits per heavy atom. The van der Waals surface area contributed by atoms with Crippen LogP contribution in [0.5, 0.6) is 0 Å². The molecular weight excluding hydrogens is 214 g/mol. The summed E-state index contributed by atoms with van der Waals surface area (Å²) in [4.78, 5) is 0. The zero-order chi connectivity index (χ0) is 12.3. The topological polar surface area (TPSA) is 30.5 Å². The molecule has 0 spiro atoms. The average Bonchev–Trinajstić information content (AvgIpc) is 2.36. The SMILES string of the molecule is COCCNCC=Cc1ccc(COC)cc1. The molecule has 0 unspecified atom stereocenters. The van der Waals surface area contributed by atoms with E-state index in [1.165, 1.54) is 11.1 Å². The van der Waals surface area contributed by atoms with Crippen molar-refractivity contribution >= 4 is 6.08 Å². The zero-order valence-corrected chi connectivity index (χ0v) is 10.6. The van der Waals surface area contributed by atoms with Crippen LogP contribution in [0.15, 0.2) is 30.3 Å². The molecule has 0 radical (unpaired) electrons. The lowest BCUT2D eigenvalue weighted by atomic mass is 10.1. The van der Waals surface area contributed by atoms with E-state index < -0.39 is 0 Å². The third kappa shape index (κ3) is 6.22. The van der Waals surface area contributed by atoms with Crippen molar-refractivity contribution in [3.8, 4) is 0 Å². The highest BCUT2D eigenvalue weighted by molar-refractivity contribution is 5.49. The third-order valence-corrected chi connectivity index (χ3v) is 2.35. The second-order valence-electron chi connectivity index (χ2n) is 3.77. The average molecular weight is 235 g/mol. The van der Waals surface area contributed by atoms with Gasteiger partial charge in [-0.2, -0.15) is 0 Å². The van der Waals surface area contributed by atoms with Crippen molar-refractivity contribution in [2.24, 2.45) is 0 Å². The van der Waals surface area contributed by atoms with Gasteiger partial charge in [0.05, 0.1) is 13.2 Å². The lowest BCUT2D eigenvalue weighted by Crippen LogP contribution is -2.18. The molecule has 94 valence electrons. The van der Waals surface area contributed by atoms with Gasteiger partial charge in [0.25, 0.3) is 0 Å². The van der Waals surface area contributed by atoms with E-state index in [1.54, 1.807) is 14.2 Å². The van der Waals surface area contributed by atoms with E-state index in [1.807, 2.05) is 0 Å². The van der Waals surface area contributed by atoms with Crippen LogP contribution < -0.4 is 5.32 Å². The summed E-state index contributed by atoms with van der Waals surface area (Å²) in [5, 5.41) is 3.26. The molecule has 0 atom stereocenters. The zero-order valence-electron chi connectivity index (χ0n) is 10.6. The largest absolute Gasteiger partial charge is 0.383 e. The van der Waals surface area contributed by atoms with Gasteiger partial charge in [-0.3, -0.25) is 0 Å². The Morgan fingerprint density at radius 3 is 2.53 bits per heavy atom. The van der Waals surface area contributed by atoms with Gasteiger partial charge in [-0.1, -0.05) is 36.4 Å². The number of hydrogen-bond donors (Lipinski definition) is 1. The van der Waals surface area contributed by atoms with E-state index in [9.17, 15) is 0 Å². The Kier molecular flexibility index (Phi) is 7.30. The molecule has 0 heterocycles. The van der Waals surface area contributed by atoms with Gasteiger partial charge < -0.3 is 14.8 Å². The Balaban J connectivity index is 2.28. The fourth-order valence-corrected chi connectivity index (χ4v) is 1.45. The van der Waals surface area contributed by atoms with E-state index in [-0.39, 0.29) is 0 Å². The van der Waals surface area contributed by atoms with Crippen LogP contribution in [0.2, 0.25) is 0 Å². The quantitative estimate of drug-likeness (QED) is 0.700. The Bertz CT molecular complexity index is 319. The van der Waals surface area contributed by atoms with Gasteiger partial charge in [-0.15, -0.1) is 0 Å². The van der Waals surface area contributed by atoms with Crippen LogP contribution >= 0.6 is 0 Å². The number of benzene rings is 1. The molecule has 1 rings (SSSR count). The highest BCUT2D eigenvalue weighted by atomic mass is 16.5. The van der Waals surface area contributed by atoms with E-state index in [0.29, 0.717) is 6.61 Å². The van der Waals surface area contributed by atoms with Gasteiger partial charge in [0.15, 0.2) is 0 Å². The summed E-state index contributed by atoms with van der Waals surface area (Å²) in [6.45, 7) is 3.17. The second kappa shape index (κ2) is 8.93. The predicted octanol–water partition coefficient (Wildman–Crippen LogP) is 2.08. The molecule has 0 amide bonds. The summed E-state index contributed by atoms with van der Waals surface area (Å²) in [6, 6.07) is 8.36. The van der Waals surface area contributed by atoms with Crippen LogP contribution in [-0.4, -0.2) is 33.9 Å². The highest BCUT2D eigenvalue weighted by Crippen LogP contribution is 2.06. The van der Waals surface area contributed by atoms with Crippen molar-refractivity contribution in [2.75, 3.05) is 33.9 Å². The molecule has 0 aliphatic carbocycles. The second-order valence-corrected chi connectivity index (χ2v) is 3.77. The van der Waals surface area contributed by atoms with Gasteiger partial charge in [0, 0.05) is 27.3 Å². The molecule has 1 aromatic carbocycles. The summed E-state index contributed by atoms with van der Waals surface area (Å²) in [5.41, 5.74) is 2.40. The normalized spacial score (nSPS) is 11.2. The first-order chi connectivity index (χ1) is 8.36. The van der Waals surface area contributed by atoms with Gasteiger partial charge in [0.2, 0.25) is 0 Å². The molecule has 0 bridgehead atoms. The fraction of sp³-hybridized carbons (Fsp3) is 0.429. The van der Waals surface area contributed by atoms with Crippen LogP contribution in [0.3, 0.4) is 0 Å². The first-order valence-electron chi connectivity index (χ1n) is 5.81. The lowest BCUT2D eigenvalue weighted by Gasteiger charge is -2.01. The molecule has 1 N–H and O–H groups in total. The van der Waals surface area contributed by atoms with Crippen LogP contribution in [0, 0.1) is 0 Å². The van der Waals surface area contributed by atoms with Crippen LogP contribution in [-0.2, 0) is 16.1 Å². The van der Waals surface area contributed by atoms with Crippen molar-refractivity contribution < 1.29 is 9.47 Å². The van der Waals surface area contributed by atoms with Crippen molar-refractivity contribution in [1.82, 2.24) is 5.32 Å². The predicted molar refractivity (Wildman–Crippen MR) is 70.9 cm³/mol. The maximum atomic E-state index is 5.06. The van der Waals surface area contributed by atoms with Gasteiger partial charge in [0.1, 0.15) is 0 Å². The standard InChI is InChI=1S/C14H21NO2/c1-16-11-10-15-9-3-4-13-5-7-14(8-6-13)12-17-2/h3-8,15H,9-12H2,1-2H3. The lowest BCUT2D eigenvalue weighted by molar-refractivity contribution is 0.185. The number of rotatable bonds is 8. The van der Waals surface area contributed by atoms with E-state index in [0.717, 1.165) is 19.7 Å². The molecule has 0 aromatic heterocycles. The molecule has 0 fully saturated rings. The van der Waals surface area contributed by atoms with E-state index in [2.05, 4.69) is 41.7 Å². The van der Waals surface area contributed by atoms with Crippen molar-refractivity contribution in [3.05, 3.63) is 41.5 Å². The van der Waals surface area contributed by atoms with Crippen molar-refractivity contribution in [1.29, 1.82) is 0 Å². The Labute approximate surface area is 103 Å². The van der Waals surface area contributed by atoms with Gasteiger partial charge in [-0.25, -0.2) is 0 Å². The molecule has 0 aliphatic rings. The molecule has 17 heavy (non-hydrogen) atoms. The molecule has 0 saturated heterocycles. The maximum Gasteiger partial charge on any atom is 0.0713 e. The molecule has 0 saturated carbocycles. The van der Waals surface area contributed by atoms with Crippen LogP contribution in [0.1, 0.15) is 11.1 Å². The third-order valence-electron chi connectivity index (χ3n) is 2.35. The minimum absolute atomic E-state index is 0.669. The van der Waals surface area contributed by atoms with Gasteiger partial charge in [-0.05, 0) is 11.1 Å². The summed E-state index contributed by atoms with van der Waals surface area (Å²) in [6.07, 6.45) is 4.22. The molecule has 0 aliphatic heterocycles. The maximum absolute atomic E-state index is 5.06. The van der Waals surface area contributed by atoms with Crippen LogP contribution in [0.25, 0.3) is 6.08 Å². The highest BCUT2D eigenvalue weighted by Gasteiger charge is 1.91. The number of hydrogen-bond acceptors (Lipinski definition) is 3. The number of ether oxygens (including phenoxy) is 2. The van der Waals surface area contributed by atoms with Crippen molar-refractivity contribution in [3.63, 3.8) is 0 Å². The first-order valence-corrected chi connectivity index (χ1v) is 5.81. The summed E-state index contributed by atoms with van der Waals surface area (Å²) < 4.78 is 10.0. The fourth-order valence-electron chi connectivity index (χ4n) is 1.45. The van der Waals surface area contributed by atoms with E-state index in [4.69, 9.17) is 9.47 Å². The van der Waals surface area contributed by atoms with Gasteiger partial charge >= 0.3 is 0 Å². The van der Waals surface area contributed by atoms with Crippen molar-refractivity contribution in [2.45, 2.75) is 6.61 Å². The Morgan fingerprint density at radius 1 is 1.12 bits per heavy atom. The summed E-state index contributed by atoms with van der Waals surface area (Å²) >= 11 is 0. The molecule has 3 heteroatoms. The first kappa shape index (κ1) is 13.9.